The van der Waals surface area contributed by atoms with Crippen LogP contribution in [0.2, 0.25) is 0 Å². The van der Waals surface area contributed by atoms with E-state index in [2.05, 4.69) is 46.4 Å². The molecule has 3 aromatic rings. The maximum Gasteiger partial charge on any atom is 0.331 e. The maximum atomic E-state index is 13.3. The van der Waals surface area contributed by atoms with E-state index in [4.69, 9.17) is 10.5 Å². The Morgan fingerprint density at radius 3 is 1.88 bits per heavy atom. The zero-order valence-electron chi connectivity index (χ0n) is 24.2. The van der Waals surface area contributed by atoms with Crippen LogP contribution in [-0.2, 0) is 36.0 Å². The van der Waals surface area contributed by atoms with Crippen LogP contribution in [0.3, 0.4) is 0 Å². The summed E-state index contributed by atoms with van der Waals surface area (Å²) < 4.78 is 7.19. The minimum atomic E-state index is -1.17. The van der Waals surface area contributed by atoms with Gasteiger partial charge in [0, 0.05) is 59.8 Å². The van der Waals surface area contributed by atoms with Gasteiger partial charge in [0.15, 0.2) is 0 Å². The fraction of sp³-hybridized carbons (Fsp3) is 0.412. The molecule has 216 valence electrons. The molecule has 0 radical (unpaired) electrons. The summed E-state index contributed by atoms with van der Waals surface area (Å²) in [7, 11) is 0. The molecule has 3 N–H and O–H groups in total. The number of primary amides is 1. The van der Waals surface area contributed by atoms with Crippen LogP contribution < -0.4 is 25.7 Å². The third-order valence-electron chi connectivity index (χ3n) is 10.2. The molecule has 8 nitrogen and oxygen atoms in total. The van der Waals surface area contributed by atoms with Crippen molar-refractivity contribution >= 4 is 23.8 Å². The quantitative estimate of drug-likeness (QED) is 0.351. The number of anilines is 2. The number of amides is 3. The fourth-order valence-electron chi connectivity index (χ4n) is 8.65. The number of nitrogens with two attached hydrogens (primary N) is 1. The standard InChI is InChI=1S/C34H37N5O3/c1-21-8-2-3-13-26(21)34(39(20-40)36-33(35)41)27-18-22-9-4-14-37-16-6-11-24(29(22)37)31(27)42-32-25-12-7-17-38-15-5-10-23(30(25)38)19-28(32)34/h2-3,8,13,18-20H,4-7,9-12,14-17H2,1H3,(H3,35,36,41). The van der Waals surface area contributed by atoms with Crippen LogP contribution in [0, 0.1) is 6.92 Å². The van der Waals surface area contributed by atoms with Gasteiger partial charge in [0.2, 0.25) is 6.41 Å². The van der Waals surface area contributed by atoms with Crippen molar-refractivity contribution in [3.8, 4) is 11.5 Å². The third-order valence-corrected chi connectivity index (χ3v) is 10.2. The molecule has 0 saturated carbocycles. The van der Waals surface area contributed by atoms with E-state index in [1.54, 1.807) is 0 Å². The Kier molecular flexibility index (Phi) is 5.71. The Hall–Kier alpha value is -4.20. The van der Waals surface area contributed by atoms with Gasteiger partial charge in [-0.05, 0) is 92.7 Å². The minimum Gasteiger partial charge on any atom is -0.456 e. The molecule has 0 aromatic heterocycles. The first kappa shape index (κ1) is 25.5. The first-order valence-corrected chi connectivity index (χ1v) is 15.5. The molecule has 0 spiro atoms. The van der Waals surface area contributed by atoms with Crippen molar-refractivity contribution in [2.24, 2.45) is 5.73 Å². The molecule has 8 rings (SSSR count). The second-order valence-electron chi connectivity index (χ2n) is 12.4. The van der Waals surface area contributed by atoms with Crippen LogP contribution in [0.1, 0.15) is 70.2 Å². The van der Waals surface area contributed by atoms with Gasteiger partial charge in [-0.25, -0.2) is 15.2 Å². The highest BCUT2D eigenvalue weighted by Gasteiger charge is 2.53. The Morgan fingerprint density at radius 1 is 0.857 bits per heavy atom. The second kappa shape index (κ2) is 9.41. The predicted molar refractivity (Wildman–Crippen MR) is 162 cm³/mol. The van der Waals surface area contributed by atoms with Crippen molar-refractivity contribution in [2.75, 3.05) is 36.0 Å². The smallest absolute Gasteiger partial charge is 0.331 e. The summed E-state index contributed by atoms with van der Waals surface area (Å²) >= 11 is 0. The highest BCUT2D eigenvalue weighted by atomic mass is 16.5. The lowest BCUT2D eigenvalue weighted by Gasteiger charge is -2.50. The van der Waals surface area contributed by atoms with E-state index < -0.39 is 11.6 Å². The van der Waals surface area contributed by atoms with Crippen LogP contribution >= 0.6 is 0 Å². The Morgan fingerprint density at radius 2 is 1.38 bits per heavy atom. The molecular formula is C34H37N5O3. The number of carbonyl (C=O) groups excluding carboxylic acids is 2. The molecule has 0 aliphatic carbocycles. The number of hydrogen-bond acceptors (Lipinski definition) is 5. The van der Waals surface area contributed by atoms with Gasteiger partial charge in [0.05, 0.1) is 0 Å². The molecule has 8 heteroatoms. The highest BCUT2D eigenvalue weighted by Crippen LogP contribution is 2.60. The lowest BCUT2D eigenvalue weighted by Crippen LogP contribution is -2.58. The summed E-state index contributed by atoms with van der Waals surface area (Å²) in [5.41, 5.74) is 18.8. The molecule has 3 amide bonds. The number of aryl methyl sites for hydroxylation is 3. The van der Waals surface area contributed by atoms with Gasteiger partial charge in [-0.3, -0.25) is 4.79 Å². The SMILES string of the molecule is Cc1ccccc1C1(N(C=O)NC(N)=O)c2cc3c4c(c2Oc2c1cc1c5c2CCCN5CCC1)CCCN4CCC3. The number of carbonyl (C=O) groups is 2. The van der Waals surface area contributed by atoms with Crippen LogP contribution in [-0.4, -0.2) is 43.6 Å². The lowest BCUT2D eigenvalue weighted by molar-refractivity contribution is -0.124. The largest absolute Gasteiger partial charge is 0.456 e. The summed E-state index contributed by atoms with van der Waals surface area (Å²) in [6.07, 6.45) is 8.78. The summed E-state index contributed by atoms with van der Waals surface area (Å²) in [6.45, 7) is 6.28. The number of nitrogens with one attached hydrogen (secondary N) is 1. The zero-order chi connectivity index (χ0) is 28.6. The van der Waals surface area contributed by atoms with E-state index in [-0.39, 0.29) is 0 Å². The van der Waals surface area contributed by atoms with E-state index in [0.29, 0.717) is 0 Å². The van der Waals surface area contributed by atoms with Gasteiger partial charge < -0.3 is 20.3 Å². The number of nitrogens with zero attached hydrogens (tertiary/aromatic N) is 3. The number of urea groups is 1. The van der Waals surface area contributed by atoms with Crippen molar-refractivity contribution in [3.05, 3.63) is 80.9 Å². The third kappa shape index (κ3) is 3.41. The van der Waals surface area contributed by atoms with Gasteiger partial charge in [-0.2, -0.15) is 0 Å². The highest BCUT2D eigenvalue weighted by molar-refractivity contribution is 5.82. The van der Waals surface area contributed by atoms with E-state index in [0.717, 1.165) is 118 Å². The molecule has 0 atom stereocenters. The molecular weight excluding hydrogens is 526 g/mol. The average molecular weight is 564 g/mol. The van der Waals surface area contributed by atoms with E-state index >= 15 is 0 Å². The number of fused-ring (bicyclic) bond motifs is 4. The molecule has 0 saturated heterocycles. The van der Waals surface area contributed by atoms with Crippen molar-refractivity contribution < 1.29 is 14.3 Å². The van der Waals surface area contributed by atoms with Gasteiger partial charge in [0.25, 0.3) is 0 Å². The van der Waals surface area contributed by atoms with Gasteiger partial charge in [0.1, 0.15) is 17.0 Å². The Labute approximate surface area is 246 Å². The number of ether oxygens (including phenoxy) is 1. The van der Waals surface area contributed by atoms with Gasteiger partial charge in [-0.1, -0.05) is 24.3 Å². The van der Waals surface area contributed by atoms with Crippen molar-refractivity contribution in [1.29, 1.82) is 0 Å². The number of hydrazine groups is 1. The molecule has 0 bridgehead atoms. The zero-order valence-corrected chi connectivity index (χ0v) is 24.2. The fourth-order valence-corrected chi connectivity index (χ4v) is 8.65. The van der Waals surface area contributed by atoms with Crippen LogP contribution in [0.4, 0.5) is 16.2 Å². The van der Waals surface area contributed by atoms with E-state index in [9.17, 15) is 9.59 Å². The summed E-state index contributed by atoms with van der Waals surface area (Å²) in [6, 6.07) is 11.9. The summed E-state index contributed by atoms with van der Waals surface area (Å²) in [4.78, 5) is 30.9. The van der Waals surface area contributed by atoms with Crippen LogP contribution in [0.5, 0.6) is 11.5 Å². The normalized spacial score (nSPS) is 19.0. The molecule has 0 fully saturated rings. The minimum absolute atomic E-state index is 0.727. The van der Waals surface area contributed by atoms with Gasteiger partial charge >= 0.3 is 6.03 Å². The lowest BCUT2D eigenvalue weighted by atomic mass is 9.69. The number of benzene rings is 3. The van der Waals surface area contributed by atoms with Crippen molar-refractivity contribution in [2.45, 2.75) is 63.8 Å². The molecule has 0 unspecified atom stereocenters. The molecule has 42 heavy (non-hydrogen) atoms. The Balaban J connectivity index is 1.54. The maximum absolute atomic E-state index is 13.3. The topological polar surface area (TPSA) is 91.1 Å². The van der Waals surface area contributed by atoms with Gasteiger partial charge in [-0.15, -0.1) is 0 Å². The van der Waals surface area contributed by atoms with E-state index in [1.165, 1.54) is 38.6 Å². The second-order valence-corrected chi connectivity index (χ2v) is 12.4. The molecule has 3 aromatic carbocycles. The van der Waals surface area contributed by atoms with Crippen LogP contribution in [0.25, 0.3) is 0 Å². The number of hydrogen-bond donors (Lipinski definition) is 2. The monoisotopic (exact) mass is 563 g/mol. The summed E-state index contributed by atoms with van der Waals surface area (Å²) in [5.74, 6) is 1.66. The molecule has 5 aliphatic heterocycles. The molecule has 5 heterocycles. The first-order valence-electron chi connectivity index (χ1n) is 15.5. The van der Waals surface area contributed by atoms with Crippen LogP contribution in [0.15, 0.2) is 36.4 Å². The number of rotatable bonds is 4. The Bertz CT molecular complexity index is 1560. The average Bonchev–Trinajstić information content (AvgIpc) is 3.00. The molecule has 5 aliphatic rings. The van der Waals surface area contributed by atoms with E-state index in [1.807, 2.05) is 12.1 Å². The summed E-state index contributed by atoms with van der Waals surface area (Å²) in [5, 5.41) is 1.42. The predicted octanol–water partition coefficient (Wildman–Crippen LogP) is 4.83. The van der Waals surface area contributed by atoms with Crippen molar-refractivity contribution in [1.82, 2.24) is 10.4 Å². The first-order chi connectivity index (χ1) is 20.5. The van der Waals surface area contributed by atoms with Crippen molar-refractivity contribution in [3.63, 3.8) is 0 Å².